The Kier molecular flexibility index (Phi) is 5.68. The fraction of sp³-hybridized carbons (Fsp3) is 0.350. The highest BCUT2D eigenvalue weighted by Crippen LogP contribution is 2.31. The van der Waals surface area contributed by atoms with Crippen molar-refractivity contribution < 1.29 is 9.53 Å². The van der Waals surface area contributed by atoms with Crippen LogP contribution in [0.15, 0.2) is 54.6 Å². The quantitative estimate of drug-likeness (QED) is 0.847. The maximum Gasteiger partial charge on any atom is 0.238 e. The minimum atomic E-state index is -0.00495. The van der Waals surface area contributed by atoms with Gasteiger partial charge in [0.15, 0.2) is 0 Å². The Morgan fingerprint density at radius 1 is 1.16 bits per heavy atom. The molecule has 0 aliphatic carbocycles. The van der Waals surface area contributed by atoms with E-state index < -0.39 is 0 Å². The number of likely N-dealkylation sites (tertiary alicyclic amines) is 1. The lowest BCUT2D eigenvalue weighted by Gasteiger charge is -2.16. The first-order chi connectivity index (χ1) is 12.2. The van der Waals surface area contributed by atoms with Gasteiger partial charge in [-0.3, -0.25) is 9.69 Å². The van der Waals surface area contributed by atoms with Crippen LogP contribution in [0, 0.1) is 5.92 Å². The molecule has 2 aromatic rings. The lowest BCUT2D eigenvalue weighted by atomic mass is 9.89. The molecule has 5 heteroatoms. The van der Waals surface area contributed by atoms with Crippen LogP contribution in [-0.2, 0) is 4.79 Å². The maximum atomic E-state index is 12.3. The SMILES string of the molecule is COc1ccc(NC(=O)CN2C[C@@H](CN)[C@H](c3ccccc3)C2)cc1. The number of carbonyl (C=O) groups is 1. The zero-order valence-electron chi connectivity index (χ0n) is 14.5. The molecule has 0 unspecified atom stereocenters. The van der Waals surface area contributed by atoms with Gasteiger partial charge in [-0.15, -0.1) is 0 Å². The molecule has 132 valence electrons. The third-order valence-electron chi connectivity index (χ3n) is 4.79. The van der Waals surface area contributed by atoms with E-state index in [4.69, 9.17) is 10.5 Å². The highest BCUT2D eigenvalue weighted by Gasteiger charge is 2.33. The summed E-state index contributed by atoms with van der Waals surface area (Å²) in [4.78, 5) is 14.5. The first-order valence-corrected chi connectivity index (χ1v) is 8.61. The molecule has 1 heterocycles. The molecule has 0 radical (unpaired) electrons. The van der Waals surface area contributed by atoms with E-state index >= 15 is 0 Å². The third-order valence-corrected chi connectivity index (χ3v) is 4.79. The van der Waals surface area contributed by atoms with Gasteiger partial charge in [-0.05, 0) is 42.3 Å². The number of nitrogens with two attached hydrogens (primary N) is 1. The van der Waals surface area contributed by atoms with Gasteiger partial charge in [-0.2, -0.15) is 0 Å². The van der Waals surface area contributed by atoms with E-state index in [9.17, 15) is 4.79 Å². The van der Waals surface area contributed by atoms with Gasteiger partial charge in [-0.25, -0.2) is 0 Å². The number of methoxy groups -OCH3 is 1. The lowest BCUT2D eigenvalue weighted by Crippen LogP contribution is -2.32. The Morgan fingerprint density at radius 3 is 2.52 bits per heavy atom. The van der Waals surface area contributed by atoms with Crippen LogP contribution in [0.25, 0.3) is 0 Å². The molecule has 0 aromatic heterocycles. The van der Waals surface area contributed by atoms with Crippen molar-refractivity contribution in [2.24, 2.45) is 11.7 Å². The van der Waals surface area contributed by atoms with Crippen molar-refractivity contribution >= 4 is 11.6 Å². The smallest absolute Gasteiger partial charge is 0.238 e. The van der Waals surface area contributed by atoms with Crippen molar-refractivity contribution in [3.63, 3.8) is 0 Å². The van der Waals surface area contributed by atoms with E-state index in [1.54, 1.807) is 7.11 Å². The van der Waals surface area contributed by atoms with Crippen LogP contribution in [-0.4, -0.2) is 44.1 Å². The Balaban J connectivity index is 1.58. The van der Waals surface area contributed by atoms with E-state index in [0.29, 0.717) is 24.9 Å². The van der Waals surface area contributed by atoms with Crippen molar-refractivity contribution in [2.75, 3.05) is 38.6 Å². The predicted molar refractivity (Wildman–Crippen MR) is 99.8 cm³/mol. The number of hydrogen-bond donors (Lipinski definition) is 2. The summed E-state index contributed by atoms with van der Waals surface area (Å²) >= 11 is 0. The lowest BCUT2D eigenvalue weighted by molar-refractivity contribution is -0.117. The number of nitrogens with zero attached hydrogens (tertiary/aromatic N) is 1. The van der Waals surface area contributed by atoms with Crippen LogP contribution in [0.4, 0.5) is 5.69 Å². The molecule has 1 fully saturated rings. The number of nitrogens with one attached hydrogen (secondary N) is 1. The highest BCUT2D eigenvalue weighted by atomic mass is 16.5. The van der Waals surface area contributed by atoms with E-state index in [0.717, 1.165) is 24.5 Å². The number of amides is 1. The van der Waals surface area contributed by atoms with Crippen molar-refractivity contribution in [3.05, 3.63) is 60.2 Å². The Hall–Kier alpha value is -2.37. The van der Waals surface area contributed by atoms with Gasteiger partial charge in [0.2, 0.25) is 5.91 Å². The van der Waals surface area contributed by atoms with Crippen LogP contribution in [0.1, 0.15) is 11.5 Å². The van der Waals surface area contributed by atoms with E-state index in [2.05, 4.69) is 34.5 Å². The molecule has 1 amide bonds. The van der Waals surface area contributed by atoms with Crippen LogP contribution < -0.4 is 15.8 Å². The second-order valence-electron chi connectivity index (χ2n) is 6.48. The Bertz CT molecular complexity index is 688. The Labute approximate surface area is 148 Å². The topological polar surface area (TPSA) is 67.6 Å². The monoisotopic (exact) mass is 339 g/mol. The summed E-state index contributed by atoms with van der Waals surface area (Å²) in [7, 11) is 1.62. The first kappa shape index (κ1) is 17.5. The summed E-state index contributed by atoms with van der Waals surface area (Å²) in [5.74, 6) is 1.54. The molecular weight excluding hydrogens is 314 g/mol. The van der Waals surface area contributed by atoms with Gasteiger partial charge in [-0.1, -0.05) is 30.3 Å². The maximum absolute atomic E-state index is 12.3. The minimum absolute atomic E-state index is 0.00495. The van der Waals surface area contributed by atoms with Gasteiger partial charge >= 0.3 is 0 Å². The fourth-order valence-corrected chi connectivity index (χ4v) is 3.48. The summed E-state index contributed by atoms with van der Waals surface area (Å²) in [6, 6.07) is 17.8. The van der Waals surface area contributed by atoms with Crippen molar-refractivity contribution in [1.82, 2.24) is 4.90 Å². The molecular formula is C20H25N3O2. The predicted octanol–water partition coefficient (Wildman–Crippen LogP) is 2.31. The van der Waals surface area contributed by atoms with Gasteiger partial charge in [0.1, 0.15) is 5.75 Å². The minimum Gasteiger partial charge on any atom is -0.497 e. The highest BCUT2D eigenvalue weighted by molar-refractivity contribution is 5.92. The second-order valence-corrected chi connectivity index (χ2v) is 6.48. The second kappa shape index (κ2) is 8.14. The molecule has 5 nitrogen and oxygen atoms in total. The summed E-state index contributed by atoms with van der Waals surface area (Å²) in [5, 5.41) is 2.94. The number of carbonyl (C=O) groups excluding carboxylic acids is 1. The molecule has 1 aliphatic rings. The van der Waals surface area contributed by atoms with Crippen molar-refractivity contribution in [1.29, 1.82) is 0 Å². The van der Waals surface area contributed by atoms with Crippen LogP contribution in [0.5, 0.6) is 5.75 Å². The van der Waals surface area contributed by atoms with E-state index in [1.165, 1.54) is 5.56 Å². The fourth-order valence-electron chi connectivity index (χ4n) is 3.48. The molecule has 0 saturated carbocycles. The van der Waals surface area contributed by atoms with E-state index in [-0.39, 0.29) is 5.91 Å². The summed E-state index contributed by atoms with van der Waals surface area (Å²) in [5.41, 5.74) is 8.05. The van der Waals surface area contributed by atoms with Crippen LogP contribution >= 0.6 is 0 Å². The Morgan fingerprint density at radius 2 is 1.88 bits per heavy atom. The van der Waals surface area contributed by atoms with Crippen molar-refractivity contribution in [3.8, 4) is 5.75 Å². The summed E-state index contributed by atoms with van der Waals surface area (Å²) in [6.45, 7) is 2.73. The molecule has 3 rings (SSSR count). The molecule has 1 aliphatic heterocycles. The number of anilines is 1. The van der Waals surface area contributed by atoms with E-state index in [1.807, 2.05) is 30.3 Å². The average Bonchev–Trinajstić information content (AvgIpc) is 3.05. The van der Waals surface area contributed by atoms with Gasteiger partial charge < -0.3 is 15.8 Å². The molecule has 0 spiro atoms. The molecule has 3 N–H and O–H groups in total. The van der Waals surface area contributed by atoms with Gasteiger partial charge in [0.05, 0.1) is 13.7 Å². The normalized spacial score (nSPS) is 20.4. The number of benzene rings is 2. The third kappa shape index (κ3) is 4.38. The first-order valence-electron chi connectivity index (χ1n) is 8.61. The molecule has 2 aromatic carbocycles. The van der Waals surface area contributed by atoms with Crippen molar-refractivity contribution in [2.45, 2.75) is 5.92 Å². The molecule has 0 bridgehead atoms. The largest absolute Gasteiger partial charge is 0.497 e. The number of hydrogen-bond acceptors (Lipinski definition) is 4. The number of ether oxygens (including phenoxy) is 1. The zero-order valence-corrected chi connectivity index (χ0v) is 14.5. The number of rotatable bonds is 6. The van der Waals surface area contributed by atoms with Gasteiger partial charge in [0, 0.05) is 24.7 Å². The van der Waals surface area contributed by atoms with Gasteiger partial charge in [0.25, 0.3) is 0 Å². The summed E-state index contributed by atoms with van der Waals surface area (Å²) in [6.07, 6.45) is 0. The average molecular weight is 339 g/mol. The molecule has 1 saturated heterocycles. The summed E-state index contributed by atoms with van der Waals surface area (Å²) < 4.78 is 5.13. The van der Waals surface area contributed by atoms with Crippen LogP contribution in [0.3, 0.4) is 0 Å². The zero-order chi connectivity index (χ0) is 17.6. The standard InChI is InChI=1S/C20H25N3O2/c1-25-18-9-7-17(8-10-18)22-20(24)14-23-12-16(11-21)19(13-23)15-5-3-2-4-6-15/h2-10,16,19H,11-14,21H2,1H3,(H,22,24)/t16-,19+/m1/s1. The van der Waals surface area contributed by atoms with Crippen LogP contribution in [0.2, 0.25) is 0 Å². The molecule has 2 atom stereocenters. The molecule has 25 heavy (non-hydrogen) atoms.